The van der Waals surface area contributed by atoms with Crippen LogP contribution in [0.5, 0.6) is 5.75 Å². The predicted octanol–water partition coefficient (Wildman–Crippen LogP) is 2.35. The monoisotopic (exact) mass is 241 g/mol. The maximum atomic E-state index is 5.91. The van der Waals surface area contributed by atoms with E-state index in [2.05, 4.69) is 9.59 Å². The van der Waals surface area contributed by atoms with Crippen molar-refractivity contribution >= 4 is 28.1 Å². The van der Waals surface area contributed by atoms with Crippen molar-refractivity contribution in [2.45, 2.75) is 6.61 Å². The molecular weight excluding hydrogens is 234 g/mol. The van der Waals surface area contributed by atoms with E-state index in [0.29, 0.717) is 21.5 Å². The first-order valence-corrected chi connectivity index (χ1v) is 5.36. The third-order valence-electron chi connectivity index (χ3n) is 1.79. The normalized spacial score (nSPS) is 10.2. The summed E-state index contributed by atoms with van der Waals surface area (Å²) in [6, 6.07) is 7.25. The third kappa shape index (κ3) is 2.37. The first-order valence-electron chi connectivity index (χ1n) is 4.21. The molecule has 78 valence electrons. The van der Waals surface area contributed by atoms with Crippen molar-refractivity contribution in [2.75, 3.05) is 5.73 Å². The van der Waals surface area contributed by atoms with Gasteiger partial charge in [-0.25, -0.2) is 0 Å². The van der Waals surface area contributed by atoms with Gasteiger partial charge in [-0.15, -0.1) is 5.10 Å². The summed E-state index contributed by atoms with van der Waals surface area (Å²) in [6.07, 6.45) is 0. The number of para-hydroxylation sites is 1. The maximum Gasteiger partial charge on any atom is 0.138 e. The molecule has 15 heavy (non-hydrogen) atoms. The molecule has 0 bridgehead atoms. The highest BCUT2D eigenvalue weighted by atomic mass is 35.5. The second-order valence-corrected chi connectivity index (χ2v) is 4.00. The van der Waals surface area contributed by atoms with Gasteiger partial charge in [0, 0.05) is 11.5 Å². The number of nitrogen functional groups attached to an aromatic ring is 1. The first-order chi connectivity index (χ1) is 7.27. The van der Waals surface area contributed by atoms with Crippen LogP contribution in [0, 0.1) is 0 Å². The van der Waals surface area contributed by atoms with Crippen molar-refractivity contribution < 1.29 is 4.74 Å². The molecule has 6 heteroatoms. The zero-order chi connectivity index (χ0) is 10.7. The number of benzene rings is 1. The summed E-state index contributed by atoms with van der Waals surface area (Å²) < 4.78 is 9.16. The highest BCUT2D eigenvalue weighted by Gasteiger charge is 2.06. The van der Waals surface area contributed by atoms with Crippen LogP contribution in [-0.4, -0.2) is 9.59 Å². The zero-order valence-electron chi connectivity index (χ0n) is 7.68. The number of aromatic nitrogens is 2. The van der Waals surface area contributed by atoms with Crippen LogP contribution in [0.1, 0.15) is 5.69 Å². The second kappa shape index (κ2) is 4.46. The Morgan fingerprint density at radius 1 is 1.40 bits per heavy atom. The van der Waals surface area contributed by atoms with Gasteiger partial charge >= 0.3 is 0 Å². The summed E-state index contributed by atoms with van der Waals surface area (Å²) >= 11 is 7.06. The highest BCUT2D eigenvalue weighted by molar-refractivity contribution is 7.09. The molecule has 0 aliphatic heterocycles. The standard InChI is InChI=1S/C9H8ClN3OS/c10-6-3-1-2-4-8(6)14-5-7-9(11)15-13-12-7/h1-4H,5,11H2. The van der Waals surface area contributed by atoms with Crippen molar-refractivity contribution in [2.24, 2.45) is 0 Å². The van der Waals surface area contributed by atoms with Gasteiger partial charge < -0.3 is 10.5 Å². The van der Waals surface area contributed by atoms with Crippen LogP contribution >= 0.6 is 23.1 Å². The second-order valence-electron chi connectivity index (χ2n) is 2.80. The van der Waals surface area contributed by atoms with Gasteiger partial charge in [0.15, 0.2) is 0 Å². The van der Waals surface area contributed by atoms with Gasteiger partial charge in [0.2, 0.25) is 0 Å². The summed E-state index contributed by atoms with van der Waals surface area (Å²) in [6.45, 7) is 0.284. The Morgan fingerprint density at radius 3 is 2.87 bits per heavy atom. The fraction of sp³-hybridized carbons (Fsp3) is 0.111. The molecule has 1 aromatic heterocycles. The molecule has 4 nitrogen and oxygen atoms in total. The molecular formula is C9H8ClN3OS. The lowest BCUT2D eigenvalue weighted by atomic mass is 10.3. The van der Waals surface area contributed by atoms with Gasteiger partial charge in [0.25, 0.3) is 0 Å². The minimum atomic E-state index is 0.284. The van der Waals surface area contributed by atoms with E-state index in [0.717, 1.165) is 11.5 Å². The summed E-state index contributed by atoms with van der Waals surface area (Å²) in [4.78, 5) is 0. The minimum Gasteiger partial charge on any atom is -0.486 e. The largest absolute Gasteiger partial charge is 0.486 e. The highest BCUT2D eigenvalue weighted by Crippen LogP contribution is 2.24. The van der Waals surface area contributed by atoms with E-state index >= 15 is 0 Å². The number of anilines is 1. The zero-order valence-corrected chi connectivity index (χ0v) is 9.26. The number of ether oxygens (including phenoxy) is 1. The summed E-state index contributed by atoms with van der Waals surface area (Å²) in [5, 5.41) is 4.98. The molecule has 0 spiro atoms. The van der Waals surface area contributed by atoms with Crippen molar-refractivity contribution in [1.82, 2.24) is 9.59 Å². The van der Waals surface area contributed by atoms with E-state index in [1.807, 2.05) is 12.1 Å². The fourth-order valence-corrected chi connectivity index (χ4v) is 1.65. The van der Waals surface area contributed by atoms with Crippen LogP contribution in [0.2, 0.25) is 5.02 Å². The van der Waals surface area contributed by atoms with Gasteiger partial charge in [-0.1, -0.05) is 28.2 Å². The Labute approximate surface area is 95.8 Å². The molecule has 0 saturated carbocycles. The molecule has 2 rings (SSSR count). The number of hydrogen-bond acceptors (Lipinski definition) is 5. The lowest BCUT2D eigenvalue weighted by Crippen LogP contribution is -1.99. The average Bonchev–Trinajstić information content (AvgIpc) is 2.63. The van der Waals surface area contributed by atoms with E-state index in [-0.39, 0.29) is 6.61 Å². The summed E-state index contributed by atoms with van der Waals surface area (Å²) in [7, 11) is 0. The molecule has 0 amide bonds. The van der Waals surface area contributed by atoms with Crippen LogP contribution in [0.25, 0.3) is 0 Å². The molecule has 2 aromatic rings. The maximum absolute atomic E-state index is 5.91. The number of nitrogens with two attached hydrogens (primary N) is 1. The molecule has 1 heterocycles. The molecule has 0 atom stereocenters. The number of halogens is 1. The van der Waals surface area contributed by atoms with E-state index in [4.69, 9.17) is 22.1 Å². The molecule has 0 radical (unpaired) electrons. The molecule has 2 N–H and O–H groups in total. The van der Waals surface area contributed by atoms with Crippen LogP contribution < -0.4 is 10.5 Å². The van der Waals surface area contributed by atoms with Crippen molar-refractivity contribution in [3.8, 4) is 5.75 Å². The Bertz CT molecular complexity index is 460. The van der Waals surface area contributed by atoms with Crippen molar-refractivity contribution in [1.29, 1.82) is 0 Å². The van der Waals surface area contributed by atoms with Crippen molar-refractivity contribution in [3.05, 3.63) is 35.0 Å². The van der Waals surface area contributed by atoms with Gasteiger partial charge in [0.1, 0.15) is 23.1 Å². The van der Waals surface area contributed by atoms with Gasteiger partial charge in [-0.05, 0) is 12.1 Å². The van der Waals surface area contributed by atoms with E-state index in [9.17, 15) is 0 Å². The predicted molar refractivity (Wildman–Crippen MR) is 60.1 cm³/mol. The Hall–Kier alpha value is -1.33. The summed E-state index contributed by atoms with van der Waals surface area (Å²) in [5.41, 5.74) is 6.26. The SMILES string of the molecule is Nc1snnc1COc1ccccc1Cl. The molecule has 0 aliphatic rings. The number of rotatable bonds is 3. The van der Waals surface area contributed by atoms with E-state index in [1.165, 1.54) is 0 Å². The Kier molecular flexibility index (Phi) is 3.03. The van der Waals surface area contributed by atoms with E-state index in [1.54, 1.807) is 12.1 Å². The van der Waals surface area contributed by atoms with Crippen LogP contribution in [0.15, 0.2) is 24.3 Å². The molecule has 0 saturated heterocycles. The van der Waals surface area contributed by atoms with Gasteiger partial charge in [-0.2, -0.15) is 0 Å². The molecule has 0 unspecified atom stereocenters. The fourth-order valence-electron chi connectivity index (χ4n) is 1.02. The lowest BCUT2D eigenvalue weighted by molar-refractivity contribution is 0.302. The molecule has 1 aromatic carbocycles. The van der Waals surface area contributed by atoms with Crippen LogP contribution in [0.3, 0.4) is 0 Å². The van der Waals surface area contributed by atoms with Gasteiger partial charge in [0.05, 0.1) is 5.02 Å². The van der Waals surface area contributed by atoms with Crippen LogP contribution in [0.4, 0.5) is 5.00 Å². The lowest BCUT2D eigenvalue weighted by Gasteiger charge is -2.05. The molecule has 0 aliphatic carbocycles. The molecule has 0 fully saturated rings. The number of nitrogens with zero attached hydrogens (tertiary/aromatic N) is 2. The topological polar surface area (TPSA) is 61.0 Å². The Balaban J connectivity index is 2.06. The van der Waals surface area contributed by atoms with E-state index < -0.39 is 0 Å². The third-order valence-corrected chi connectivity index (χ3v) is 2.69. The average molecular weight is 242 g/mol. The van der Waals surface area contributed by atoms with Crippen molar-refractivity contribution in [3.63, 3.8) is 0 Å². The minimum absolute atomic E-state index is 0.284. The number of hydrogen-bond donors (Lipinski definition) is 1. The first kappa shape index (κ1) is 10.2. The quantitative estimate of drug-likeness (QED) is 0.896. The summed E-state index contributed by atoms with van der Waals surface area (Å²) in [5.74, 6) is 0.617. The Morgan fingerprint density at radius 2 is 2.20 bits per heavy atom. The van der Waals surface area contributed by atoms with Crippen LogP contribution in [-0.2, 0) is 6.61 Å². The van der Waals surface area contributed by atoms with Gasteiger partial charge in [-0.3, -0.25) is 0 Å². The smallest absolute Gasteiger partial charge is 0.138 e.